The van der Waals surface area contributed by atoms with Gasteiger partial charge in [0.25, 0.3) is 0 Å². The van der Waals surface area contributed by atoms with E-state index in [2.05, 4.69) is 15.1 Å². The molecule has 1 aromatic heterocycles. The Bertz CT molecular complexity index is 635. The van der Waals surface area contributed by atoms with E-state index in [0.29, 0.717) is 17.8 Å². The van der Waals surface area contributed by atoms with Crippen molar-refractivity contribution in [1.29, 1.82) is 0 Å². The summed E-state index contributed by atoms with van der Waals surface area (Å²) in [4.78, 5) is 13.3. The third-order valence-electron chi connectivity index (χ3n) is 3.29. The molecule has 0 aliphatic carbocycles. The molecular weight excluding hydrogens is 244 g/mol. The van der Waals surface area contributed by atoms with Gasteiger partial charge in [0.15, 0.2) is 5.82 Å². The summed E-state index contributed by atoms with van der Waals surface area (Å²) in [5.74, 6) is 0.427. The van der Waals surface area contributed by atoms with Gasteiger partial charge in [-0.2, -0.15) is 0 Å². The van der Waals surface area contributed by atoms with Crippen LogP contribution in [-0.4, -0.2) is 27.2 Å². The minimum Gasteiger partial charge on any atom is -0.397 e. The number of hydrogen-bond acceptors (Lipinski definition) is 5. The fourth-order valence-corrected chi connectivity index (χ4v) is 2.24. The summed E-state index contributed by atoms with van der Waals surface area (Å²) in [5, 5.41) is 7.94. The minimum absolute atomic E-state index is 0.455. The molecular formula is C12H14N6O. The lowest BCUT2D eigenvalue weighted by Gasteiger charge is -2.30. The Labute approximate surface area is 109 Å². The van der Waals surface area contributed by atoms with Gasteiger partial charge in [-0.1, -0.05) is 0 Å². The standard InChI is InChI=1S/C12H14N6O/c13-9-2-1-8(12(14)19)5-10(9)17-3-4-18-7-15-16-11(18)6-17/h1-2,5,7H,3-4,6,13H2,(H2,14,19). The highest BCUT2D eigenvalue weighted by Gasteiger charge is 2.20. The van der Waals surface area contributed by atoms with E-state index in [9.17, 15) is 4.79 Å². The third kappa shape index (κ3) is 1.99. The van der Waals surface area contributed by atoms with E-state index in [0.717, 1.165) is 24.6 Å². The van der Waals surface area contributed by atoms with Gasteiger partial charge in [-0.15, -0.1) is 10.2 Å². The van der Waals surface area contributed by atoms with Crippen molar-refractivity contribution in [2.24, 2.45) is 5.73 Å². The topological polar surface area (TPSA) is 103 Å². The van der Waals surface area contributed by atoms with Crippen LogP contribution in [0.3, 0.4) is 0 Å². The fraction of sp³-hybridized carbons (Fsp3) is 0.250. The van der Waals surface area contributed by atoms with Gasteiger partial charge in [0, 0.05) is 18.7 Å². The lowest BCUT2D eigenvalue weighted by molar-refractivity contribution is 0.100. The number of hydrogen-bond donors (Lipinski definition) is 2. The van der Waals surface area contributed by atoms with Crippen molar-refractivity contribution in [2.45, 2.75) is 13.1 Å². The summed E-state index contributed by atoms with van der Waals surface area (Å²) in [5.41, 5.74) is 13.2. The number of nitrogens with two attached hydrogens (primary N) is 2. The molecule has 7 heteroatoms. The van der Waals surface area contributed by atoms with Gasteiger partial charge in [-0.3, -0.25) is 4.79 Å². The maximum atomic E-state index is 11.2. The first kappa shape index (κ1) is 11.5. The van der Waals surface area contributed by atoms with Gasteiger partial charge in [-0.25, -0.2) is 0 Å². The largest absolute Gasteiger partial charge is 0.397 e. The van der Waals surface area contributed by atoms with Gasteiger partial charge < -0.3 is 20.9 Å². The number of amides is 1. The molecule has 19 heavy (non-hydrogen) atoms. The van der Waals surface area contributed by atoms with Gasteiger partial charge in [0.2, 0.25) is 5.91 Å². The molecule has 0 saturated carbocycles. The van der Waals surface area contributed by atoms with Crippen LogP contribution in [0.2, 0.25) is 0 Å². The number of primary amides is 1. The van der Waals surface area contributed by atoms with E-state index in [1.165, 1.54) is 0 Å². The quantitative estimate of drug-likeness (QED) is 0.737. The predicted octanol–water partition coefficient (Wildman–Crippen LogP) is -0.0206. The maximum Gasteiger partial charge on any atom is 0.248 e. The summed E-state index contributed by atoms with van der Waals surface area (Å²) in [7, 11) is 0. The zero-order chi connectivity index (χ0) is 13.4. The number of fused-ring (bicyclic) bond motifs is 1. The van der Waals surface area contributed by atoms with Gasteiger partial charge in [0.1, 0.15) is 6.33 Å². The lowest BCUT2D eigenvalue weighted by Crippen LogP contribution is -2.34. The number of benzene rings is 1. The molecule has 0 spiro atoms. The SMILES string of the molecule is NC(=O)c1ccc(N)c(N2CCn3cnnc3C2)c1. The normalized spacial score (nSPS) is 14.2. The first-order valence-corrected chi connectivity index (χ1v) is 5.96. The van der Waals surface area contributed by atoms with Crippen LogP contribution in [-0.2, 0) is 13.1 Å². The molecule has 2 heterocycles. The van der Waals surface area contributed by atoms with Crippen molar-refractivity contribution in [3.8, 4) is 0 Å². The molecule has 7 nitrogen and oxygen atoms in total. The Morgan fingerprint density at radius 2 is 2.16 bits per heavy atom. The van der Waals surface area contributed by atoms with Crippen LogP contribution in [0.4, 0.5) is 11.4 Å². The zero-order valence-corrected chi connectivity index (χ0v) is 10.3. The number of anilines is 2. The van der Waals surface area contributed by atoms with Crippen LogP contribution in [0.15, 0.2) is 24.5 Å². The van der Waals surface area contributed by atoms with E-state index in [1.54, 1.807) is 24.5 Å². The molecule has 1 amide bonds. The van der Waals surface area contributed by atoms with Crippen molar-refractivity contribution < 1.29 is 4.79 Å². The highest BCUT2D eigenvalue weighted by atomic mass is 16.1. The lowest BCUT2D eigenvalue weighted by atomic mass is 10.1. The van der Waals surface area contributed by atoms with Crippen LogP contribution in [0.5, 0.6) is 0 Å². The number of carbonyl (C=O) groups is 1. The number of nitrogens with zero attached hydrogens (tertiary/aromatic N) is 4. The molecule has 4 N–H and O–H groups in total. The predicted molar refractivity (Wildman–Crippen MR) is 70.4 cm³/mol. The van der Waals surface area contributed by atoms with E-state index < -0.39 is 5.91 Å². The molecule has 0 fully saturated rings. The van der Waals surface area contributed by atoms with Crippen LogP contribution in [0.25, 0.3) is 0 Å². The average Bonchev–Trinajstić information content (AvgIpc) is 2.86. The third-order valence-corrected chi connectivity index (χ3v) is 3.29. The van der Waals surface area contributed by atoms with Crippen molar-refractivity contribution in [2.75, 3.05) is 17.2 Å². The molecule has 98 valence electrons. The first-order chi connectivity index (χ1) is 9.15. The molecule has 0 saturated heterocycles. The summed E-state index contributed by atoms with van der Waals surface area (Å²) in [6.07, 6.45) is 1.72. The minimum atomic E-state index is -0.457. The number of carbonyl (C=O) groups excluding carboxylic acids is 1. The second-order valence-corrected chi connectivity index (χ2v) is 4.50. The molecule has 3 rings (SSSR count). The Kier molecular flexibility index (Phi) is 2.59. The second-order valence-electron chi connectivity index (χ2n) is 4.50. The van der Waals surface area contributed by atoms with E-state index >= 15 is 0 Å². The van der Waals surface area contributed by atoms with E-state index in [-0.39, 0.29) is 0 Å². The van der Waals surface area contributed by atoms with Gasteiger partial charge in [-0.05, 0) is 18.2 Å². The molecule has 1 aromatic carbocycles. The summed E-state index contributed by atoms with van der Waals surface area (Å²) >= 11 is 0. The van der Waals surface area contributed by atoms with Crippen molar-refractivity contribution in [1.82, 2.24) is 14.8 Å². The van der Waals surface area contributed by atoms with Crippen molar-refractivity contribution in [3.63, 3.8) is 0 Å². The summed E-state index contributed by atoms with van der Waals surface area (Å²) in [6, 6.07) is 5.06. The van der Waals surface area contributed by atoms with Crippen LogP contribution >= 0.6 is 0 Å². The number of nitrogen functional groups attached to an aromatic ring is 1. The highest BCUT2D eigenvalue weighted by Crippen LogP contribution is 2.27. The number of rotatable bonds is 2. The van der Waals surface area contributed by atoms with Gasteiger partial charge >= 0.3 is 0 Å². The fourth-order valence-electron chi connectivity index (χ4n) is 2.24. The van der Waals surface area contributed by atoms with Crippen LogP contribution < -0.4 is 16.4 Å². The smallest absolute Gasteiger partial charge is 0.248 e. The summed E-state index contributed by atoms with van der Waals surface area (Å²) in [6.45, 7) is 2.20. The molecule has 1 aliphatic rings. The Hall–Kier alpha value is -2.57. The van der Waals surface area contributed by atoms with Crippen molar-refractivity contribution in [3.05, 3.63) is 35.9 Å². The average molecular weight is 258 g/mol. The molecule has 2 aromatic rings. The van der Waals surface area contributed by atoms with Crippen LogP contribution in [0.1, 0.15) is 16.2 Å². The molecule has 0 atom stereocenters. The Balaban J connectivity index is 1.95. The van der Waals surface area contributed by atoms with E-state index in [1.807, 2.05) is 4.57 Å². The first-order valence-electron chi connectivity index (χ1n) is 5.96. The molecule has 0 unspecified atom stereocenters. The van der Waals surface area contributed by atoms with E-state index in [4.69, 9.17) is 11.5 Å². The summed E-state index contributed by atoms with van der Waals surface area (Å²) < 4.78 is 2.00. The second kappa shape index (κ2) is 4.27. The number of aromatic nitrogens is 3. The highest BCUT2D eigenvalue weighted by molar-refractivity contribution is 5.95. The molecule has 1 aliphatic heterocycles. The Morgan fingerprint density at radius 3 is 2.95 bits per heavy atom. The molecule has 0 bridgehead atoms. The monoisotopic (exact) mass is 258 g/mol. The zero-order valence-electron chi connectivity index (χ0n) is 10.3. The maximum absolute atomic E-state index is 11.2. The van der Waals surface area contributed by atoms with Gasteiger partial charge in [0.05, 0.1) is 17.9 Å². The Morgan fingerprint density at radius 1 is 1.32 bits per heavy atom. The van der Waals surface area contributed by atoms with Crippen molar-refractivity contribution >= 4 is 17.3 Å². The molecule has 0 radical (unpaired) electrons. The van der Waals surface area contributed by atoms with Crippen LogP contribution in [0, 0.1) is 0 Å².